The highest BCUT2D eigenvalue weighted by molar-refractivity contribution is 6.21. The summed E-state index contributed by atoms with van der Waals surface area (Å²) >= 11 is 0. The van der Waals surface area contributed by atoms with E-state index in [1.54, 1.807) is 24.3 Å². The minimum Gasteiger partial charge on any atom is -0.379 e. The summed E-state index contributed by atoms with van der Waals surface area (Å²) in [4.78, 5) is 30.4. The Morgan fingerprint density at radius 1 is 0.508 bits per heavy atom. The predicted octanol–water partition coefficient (Wildman–Crippen LogP) is 16.7. The molecule has 0 bridgehead atoms. The molecule has 6 nitrogen and oxygen atoms in total. The van der Waals surface area contributed by atoms with Crippen molar-refractivity contribution < 1.29 is 14.3 Å². The minimum absolute atomic E-state index is 0.0760. The maximum atomic E-state index is 12.0. The van der Waals surface area contributed by atoms with Crippen LogP contribution in [0.1, 0.15) is 224 Å². The molecule has 6 rings (SSSR count). The molecule has 0 radical (unpaired) electrons. The van der Waals surface area contributed by atoms with E-state index < -0.39 is 0 Å². The molecule has 3 heterocycles. The molecular formula is C59H113N3O3. The van der Waals surface area contributed by atoms with Gasteiger partial charge in [0.1, 0.15) is 0 Å². The van der Waals surface area contributed by atoms with E-state index >= 15 is 0 Å². The molecule has 6 heteroatoms. The summed E-state index contributed by atoms with van der Waals surface area (Å²) in [6, 6.07) is 17.6. The van der Waals surface area contributed by atoms with Gasteiger partial charge < -0.3 is 9.64 Å². The second-order valence-electron chi connectivity index (χ2n) is 20.8. The van der Waals surface area contributed by atoms with E-state index in [0.29, 0.717) is 28.5 Å². The van der Waals surface area contributed by atoms with Crippen molar-refractivity contribution in [2.24, 2.45) is 34.0 Å². The van der Waals surface area contributed by atoms with Gasteiger partial charge in [0.15, 0.2) is 0 Å². The Hall–Kier alpha value is -2.54. The van der Waals surface area contributed by atoms with Gasteiger partial charge in [-0.3, -0.25) is 19.4 Å². The lowest BCUT2D eigenvalue weighted by Gasteiger charge is -2.32. The second-order valence-corrected chi connectivity index (χ2v) is 20.8. The van der Waals surface area contributed by atoms with Gasteiger partial charge in [-0.1, -0.05) is 221 Å². The highest BCUT2D eigenvalue weighted by Gasteiger charge is 2.37. The van der Waals surface area contributed by atoms with Crippen LogP contribution in [0.2, 0.25) is 0 Å². The summed E-state index contributed by atoms with van der Waals surface area (Å²) in [6.07, 6.45) is 9.96. The number of piperidine rings is 1. The van der Waals surface area contributed by atoms with Crippen molar-refractivity contribution in [1.29, 1.82) is 0 Å². The number of morpholine rings is 1. The fraction of sp³-hybridized carbons (Fsp3) is 0.763. The quantitative estimate of drug-likeness (QED) is 0.259. The molecule has 0 N–H and O–H groups in total. The van der Waals surface area contributed by atoms with Gasteiger partial charge >= 0.3 is 0 Å². The Balaban J connectivity index is -0.000000347. The molecule has 0 spiro atoms. The lowest BCUT2D eigenvalue weighted by atomic mass is 9.95. The van der Waals surface area contributed by atoms with Crippen LogP contribution < -0.4 is 0 Å². The van der Waals surface area contributed by atoms with E-state index in [4.69, 9.17) is 4.74 Å². The van der Waals surface area contributed by atoms with Crippen LogP contribution in [0.25, 0.3) is 0 Å². The Morgan fingerprint density at radius 2 is 0.877 bits per heavy atom. The first-order chi connectivity index (χ1) is 30.6. The Kier molecular flexibility index (Phi) is 43.0. The molecule has 2 saturated heterocycles. The minimum atomic E-state index is -0.171. The molecule has 2 aromatic carbocycles. The van der Waals surface area contributed by atoms with E-state index in [1.165, 1.54) is 81.6 Å². The highest BCUT2D eigenvalue weighted by Crippen LogP contribution is 2.34. The molecule has 3 fully saturated rings. The number of nitrogens with zero attached hydrogens (tertiary/aromatic N) is 3. The van der Waals surface area contributed by atoms with Crippen LogP contribution in [0.15, 0.2) is 54.6 Å². The first-order valence-electron chi connectivity index (χ1n) is 26.6. The normalized spacial score (nSPS) is 15.6. The van der Waals surface area contributed by atoms with Crippen LogP contribution >= 0.6 is 0 Å². The standard InChI is InChI=1S/C13H15NO2.C10H21N.C10H14.C9H19NO.C7H14.5C2H6/c1-13(2,3)8-14-11(15)9-6-4-5-7-10(9)12(14)16;1-10(2,3)9-11-7-5-4-6-8-11;1-9(2)8-10-6-4-3-5-7-10;1-9(2,3)8-10-4-6-11-7-5-10;1-6(2)5-7-3-4-7;5*1-2/h4-7H,8H2,1-3H3;4-9H2,1-3H3;3-7,9H,8H2,1-2H3;4-8H2,1-3H3;6-7H,3-5H2,1-2H3;5*1-2H3. The van der Waals surface area contributed by atoms with Crippen molar-refractivity contribution in [2.75, 3.05) is 59.0 Å². The maximum Gasteiger partial charge on any atom is 0.261 e. The molecule has 0 unspecified atom stereocenters. The highest BCUT2D eigenvalue weighted by atomic mass is 16.5. The zero-order valence-electron chi connectivity index (χ0n) is 47.8. The molecule has 1 aliphatic carbocycles. The molecular weight excluding hydrogens is 799 g/mol. The zero-order valence-corrected chi connectivity index (χ0v) is 47.8. The average molecular weight is 913 g/mol. The summed E-state index contributed by atoms with van der Waals surface area (Å²) in [5, 5.41) is 0. The van der Waals surface area contributed by atoms with Crippen LogP contribution in [0.5, 0.6) is 0 Å². The summed E-state index contributed by atoms with van der Waals surface area (Å²) in [5.41, 5.74) is 3.33. The average Bonchev–Trinajstić information content (AvgIpc) is 4.06. The third kappa shape index (κ3) is 39.2. The second kappa shape index (κ2) is 40.5. The lowest BCUT2D eigenvalue weighted by Crippen LogP contribution is -2.41. The van der Waals surface area contributed by atoms with Crippen molar-refractivity contribution in [3.63, 3.8) is 0 Å². The van der Waals surface area contributed by atoms with Gasteiger partial charge in [0.05, 0.1) is 24.3 Å². The third-order valence-corrected chi connectivity index (χ3v) is 9.45. The first kappa shape index (κ1) is 69.0. The number of carbonyl (C=O) groups excluding carboxylic acids is 2. The number of ether oxygens (including phenoxy) is 1. The van der Waals surface area contributed by atoms with Gasteiger partial charge in [-0.2, -0.15) is 0 Å². The Bertz CT molecular complexity index is 1290. The van der Waals surface area contributed by atoms with E-state index in [-0.39, 0.29) is 17.2 Å². The van der Waals surface area contributed by atoms with Gasteiger partial charge in [0.2, 0.25) is 0 Å². The fourth-order valence-corrected chi connectivity index (χ4v) is 7.18. The van der Waals surface area contributed by atoms with E-state index in [9.17, 15) is 9.59 Å². The Labute approximate surface area is 407 Å². The monoisotopic (exact) mass is 912 g/mol. The van der Waals surface area contributed by atoms with E-state index in [2.05, 4.69) is 109 Å². The molecule has 2 aromatic rings. The topological polar surface area (TPSA) is 53.1 Å². The number of rotatable bonds is 7. The molecule has 0 aromatic heterocycles. The predicted molar refractivity (Wildman–Crippen MR) is 292 cm³/mol. The number of amides is 2. The summed E-state index contributed by atoms with van der Waals surface area (Å²) < 4.78 is 5.27. The molecule has 4 aliphatic rings. The summed E-state index contributed by atoms with van der Waals surface area (Å²) in [6.45, 7) is 58.6. The zero-order chi connectivity index (χ0) is 51.2. The number of benzene rings is 2. The maximum absolute atomic E-state index is 12.0. The van der Waals surface area contributed by atoms with Crippen LogP contribution in [-0.4, -0.2) is 85.5 Å². The molecule has 382 valence electrons. The number of imide groups is 1. The smallest absolute Gasteiger partial charge is 0.261 e. The summed E-state index contributed by atoms with van der Waals surface area (Å²) in [7, 11) is 0. The fourth-order valence-electron chi connectivity index (χ4n) is 7.18. The molecule has 0 atom stereocenters. The van der Waals surface area contributed by atoms with Crippen molar-refractivity contribution in [1.82, 2.24) is 14.7 Å². The van der Waals surface area contributed by atoms with Crippen molar-refractivity contribution in [3.05, 3.63) is 71.3 Å². The summed E-state index contributed by atoms with van der Waals surface area (Å²) in [5.74, 6) is 2.49. The van der Waals surface area contributed by atoms with E-state index in [0.717, 1.165) is 44.1 Å². The van der Waals surface area contributed by atoms with Crippen molar-refractivity contribution in [3.8, 4) is 0 Å². The third-order valence-electron chi connectivity index (χ3n) is 9.45. The number of hydrogen-bond acceptors (Lipinski definition) is 5. The van der Waals surface area contributed by atoms with Crippen LogP contribution in [0, 0.1) is 34.0 Å². The number of carbonyl (C=O) groups is 2. The number of likely N-dealkylation sites (tertiary alicyclic amines) is 1. The lowest BCUT2D eigenvalue weighted by molar-refractivity contribution is 0.0236. The largest absolute Gasteiger partial charge is 0.379 e. The van der Waals surface area contributed by atoms with Gasteiger partial charge in [-0.25, -0.2) is 0 Å². The van der Waals surface area contributed by atoms with Gasteiger partial charge in [0.25, 0.3) is 11.8 Å². The van der Waals surface area contributed by atoms with Gasteiger partial charge in [-0.15, -0.1) is 0 Å². The van der Waals surface area contributed by atoms with Gasteiger partial charge in [-0.05, 0) is 90.5 Å². The van der Waals surface area contributed by atoms with Crippen LogP contribution in [0.3, 0.4) is 0 Å². The number of fused-ring (bicyclic) bond motifs is 1. The molecule has 1 saturated carbocycles. The van der Waals surface area contributed by atoms with Crippen LogP contribution in [0.4, 0.5) is 0 Å². The Morgan fingerprint density at radius 3 is 1.20 bits per heavy atom. The van der Waals surface area contributed by atoms with Gasteiger partial charge in [0, 0.05) is 32.7 Å². The van der Waals surface area contributed by atoms with Crippen LogP contribution in [-0.2, 0) is 11.2 Å². The first-order valence-corrected chi connectivity index (χ1v) is 26.6. The van der Waals surface area contributed by atoms with Crippen molar-refractivity contribution >= 4 is 11.8 Å². The molecule has 2 amide bonds. The molecule has 65 heavy (non-hydrogen) atoms. The van der Waals surface area contributed by atoms with E-state index in [1.807, 2.05) is 90.0 Å². The van der Waals surface area contributed by atoms with Crippen molar-refractivity contribution in [2.45, 2.75) is 204 Å². The SMILES string of the molecule is CC.CC.CC.CC.CC.CC(C)(C)CN1C(=O)c2ccccc2C1=O.CC(C)(C)CN1CCCCC1.CC(C)(C)CN1CCOCC1.CC(C)CC1CC1.CC(C)Cc1ccccc1. The molecule has 3 aliphatic heterocycles. The number of hydrogen-bond donors (Lipinski definition) is 0.